The number of aryl methyl sites for hydroxylation is 1. The van der Waals surface area contributed by atoms with Gasteiger partial charge in [0, 0.05) is 24.8 Å². The number of hydrogen-bond donors (Lipinski definition) is 1. The van der Waals surface area contributed by atoms with Gasteiger partial charge in [-0.15, -0.1) is 0 Å². The van der Waals surface area contributed by atoms with Gasteiger partial charge >= 0.3 is 0 Å². The van der Waals surface area contributed by atoms with Crippen LogP contribution >= 0.6 is 0 Å². The van der Waals surface area contributed by atoms with Crippen LogP contribution in [0.3, 0.4) is 0 Å². The molecule has 1 N–H and O–H groups in total. The average Bonchev–Trinajstić information content (AvgIpc) is 2.41. The average molecular weight is 264 g/mol. The minimum Gasteiger partial charge on any atom is -0.375 e. The van der Waals surface area contributed by atoms with Crippen LogP contribution in [0.4, 0.5) is 11.8 Å². The Morgan fingerprint density at radius 3 is 2.95 bits per heavy atom. The maximum absolute atomic E-state index is 5.75. The number of nitrogens with zero attached hydrogens (tertiary/aromatic N) is 3. The van der Waals surface area contributed by atoms with Crippen molar-refractivity contribution in [3.05, 3.63) is 11.8 Å². The van der Waals surface area contributed by atoms with Gasteiger partial charge in [0.2, 0.25) is 5.95 Å². The lowest BCUT2D eigenvalue weighted by molar-refractivity contribution is 0.0296. The zero-order valence-corrected chi connectivity index (χ0v) is 12.3. The molecule has 2 rings (SSSR count). The molecule has 5 heteroatoms. The highest BCUT2D eigenvalue weighted by molar-refractivity contribution is 5.50. The van der Waals surface area contributed by atoms with E-state index in [1.54, 1.807) is 0 Å². The van der Waals surface area contributed by atoms with E-state index in [9.17, 15) is 0 Å². The Labute approximate surface area is 115 Å². The monoisotopic (exact) mass is 264 g/mol. The van der Waals surface area contributed by atoms with Crippen LogP contribution < -0.4 is 10.2 Å². The largest absolute Gasteiger partial charge is 0.375 e. The fraction of sp³-hybridized carbons (Fsp3) is 0.714. The van der Waals surface area contributed by atoms with Crippen molar-refractivity contribution in [3.8, 4) is 0 Å². The lowest BCUT2D eigenvalue weighted by Gasteiger charge is -2.39. The molecule has 1 aromatic heterocycles. The van der Waals surface area contributed by atoms with Crippen molar-refractivity contribution in [2.24, 2.45) is 0 Å². The molecule has 0 radical (unpaired) electrons. The van der Waals surface area contributed by atoms with Gasteiger partial charge in [-0.1, -0.05) is 6.92 Å². The summed E-state index contributed by atoms with van der Waals surface area (Å²) < 4.78 is 5.75. The first-order valence-electron chi connectivity index (χ1n) is 7.11. The van der Waals surface area contributed by atoms with Crippen molar-refractivity contribution in [1.29, 1.82) is 0 Å². The molecular weight excluding hydrogens is 240 g/mol. The third-order valence-electron chi connectivity index (χ3n) is 3.49. The van der Waals surface area contributed by atoms with Gasteiger partial charge in [-0.25, -0.2) is 4.98 Å². The Hall–Kier alpha value is -1.36. The van der Waals surface area contributed by atoms with E-state index < -0.39 is 0 Å². The van der Waals surface area contributed by atoms with E-state index >= 15 is 0 Å². The first kappa shape index (κ1) is 14.1. The minimum atomic E-state index is 0.250. The number of hydrogen-bond acceptors (Lipinski definition) is 5. The molecule has 0 aromatic carbocycles. The highest BCUT2D eigenvalue weighted by Gasteiger charge is 2.27. The van der Waals surface area contributed by atoms with E-state index in [2.05, 4.69) is 47.9 Å². The molecule has 106 valence electrons. The van der Waals surface area contributed by atoms with E-state index in [4.69, 9.17) is 4.74 Å². The van der Waals surface area contributed by atoms with Gasteiger partial charge in [0.05, 0.1) is 18.8 Å². The number of nitrogens with one attached hydrogen (secondary N) is 1. The van der Waals surface area contributed by atoms with Crippen LogP contribution in [0.1, 0.15) is 32.8 Å². The molecule has 2 atom stereocenters. The highest BCUT2D eigenvalue weighted by Crippen LogP contribution is 2.25. The Morgan fingerprint density at radius 2 is 2.26 bits per heavy atom. The van der Waals surface area contributed by atoms with Gasteiger partial charge in [0.25, 0.3) is 0 Å². The molecule has 0 aliphatic carbocycles. The summed E-state index contributed by atoms with van der Waals surface area (Å²) >= 11 is 0. The maximum atomic E-state index is 5.75. The molecule has 0 spiro atoms. The first-order chi connectivity index (χ1) is 9.15. The summed E-state index contributed by atoms with van der Waals surface area (Å²) in [6.07, 6.45) is 3.21. The molecule has 19 heavy (non-hydrogen) atoms. The molecule has 1 aliphatic rings. The molecule has 1 aromatic rings. The van der Waals surface area contributed by atoms with Crippen LogP contribution in [0.5, 0.6) is 0 Å². The third kappa shape index (κ3) is 3.15. The summed E-state index contributed by atoms with van der Waals surface area (Å²) in [6, 6.07) is 0.402. The number of aromatic nitrogens is 2. The second-order valence-electron chi connectivity index (χ2n) is 5.09. The van der Waals surface area contributed by atoms with Crippen LogP contribution in [0, 0.1) is 6.92 Å². The standard InChI is InChI=1S/C14H24N4O/c1-5-12-9-19-11(4)8-18(12)13-10(3)7-16-14(17-13)15-6-2/h7,11-12H,5-6,8-9H2,1-4H3,(H,15,16,17). The summed E-state index contributed by atoms with van der Waals surface area (Å²) in [5.74, 6) is 1.74. The second kappa shape index (κ2) is 6.19. The van der Waals surface area contributed by atoms with E-state index in [-0.39, 0.29) is 6.10 Å². The minimum absolute atomic E-state index is 0.250. The zero-order chi connectivity index (χ0) is 13.8. The molecular formula is C14H24N4O. The Kier molecular flexibility index (Phi) is 4.58. The Balaban J connectivity index is 2.29. The van der Waals surface area contributed by atoms with E-state index in [0.717, 1.165) is 37.5 Å². The summed E-state index contributed by atoms with van der Waals surface area (Å²) in [5.41, 5.74) is 1.12. The number of ether oxygens (including phenoxy) is 1. The van der Waals surface area contributed by atoms with Crippen LogP contribution in [-0.4, -0.2) is 41.8 Å². The summed E-state index contributed by atoms with van der Waals surface area (Å²) in [7, 11) is 0. The van der Waals surface area contributed by atoms with Crippen molar-refractivity contribution >= 4 is 11.8 Å². The first-order valence-corrected chi connectivity index (χ1v) is 7.11. The zero-order valence-electron chi connectivity index (χ0n) is 12.3. The fourth-order valence-electron chi connectivity index (χ4n) is 2.41. The SMILES string of the molecule is CCNc1ncc(C)c(N2CC(C)OCC2CC)n1. The second-order valence-corrected chi connectivity index (χ2v) is 5.09. The van der Waals surface area contributed by atoms with Crippen LogP contribution in [0.2, 0.25) is 0 Å². The van der Waals surface area contributed by atoms with Gasteiger partial charge in [0.15, 0.2) is 0 Å². The van der Waals surface area contributed by atoms with Gasteiger partial charge < -0.3 is 15.0 Å². The topological polar surface area (TPSA) is 50.3 Å². The van der Waals surface area contributed by atoms with Crippen LogP contribution in [0.25, 0.3) is 0 Å². The molecule has 0 amide bonds. The van der Waals surface area contributed by atoms with Crippen molar-refractivity contribution in [2.45, 2.75) is 46.3 Å². The summed E-state index contributed by atoms with van der Waals surface area (Å²) in [4.78, 5) is 11.3. The number of rotatable bonds is 4. The van der Waals surface area contributed by atoms with Crippen molar-refractivity contribution < 1.29 is 4.74 Å². The lowest BCUT2D eigenvalue weighted by Crippen LogP contribution is -2.49. The number of anilines is 2. The summed E-state index contributed by atoms with van der Waals surface area (Å²) in [5, 5.41) is 3.18. The lowest BCUT2D eigenvalue weighted by atomic mass is 10.1. The molecule has 2 heterocycles. The molecule has 0 bridgehead atoms. The Morgan fingerprint density at radius 1 is 1.47 bits per heavy atom. The fourth-order valence-corrected chi connectivity index (χ4v) is 2.41. The predicted octanol–water partition coefficient (Wildman–Crippen LogP) is 2.22. The molecule has 0 saturated carbocycles. The van der Waals surface area contributed by atoms with Gasteiger partial charge in [-0.3, -0.25) is 0 Å². The molecule has 1 fully saturated rings. The van der Waals surface area contributed by atoms with Crippen molar-refractivity contribution in [3.63, 3.8) is 0 Å². The van der Waals surface area contributed by atoms with Gasteiger partial charge in [-0.05, 0) is 27.2 Å². The van der Waals surface area contributed by atoms with Crippen LogP contribution in [-0.2, 0) is 4.74 Å². The normalized spacial score (nSPS) is 23.5. The van der Waals surface area contributed by atoms with Crippen LogP contribution in [0.15, 0.2) is 6.20 Å². The predicted molar refractivity (Wildman–Crippen MR) is 77.8 cm³/mol. The number of morpholine rings is 1. The molecule has 1 saturated heterocycles. The third-order valence-corrected chi connectivity index (χ3v) is 3.49. The van der Waals surface area contributed by atoms with Crippen molar-refractivity contribution in [1.82, 2.24) is 9.97 Å². The molecule has 1 aliphatic heterocycles. The quantitative estimate of drug-likeness (QED) is 0.903. The Bertz CT molecular complexity index is 424. The van der Waals surface area contributed by atoms with Gasteiger partial charge in [-0.2, -0.15) is 4.98 Å². The van der Waals surface area contributed by atoms with E-state index in [0.29, 0.717) is 12.0 Å². The summed E-state index contributed by atoms with van der Waals surface area (Å²) in [6.45, 7) is 10.9. The van der Waals surface area contributed by atoms with Gasteiger partial charge in [0.1, 0.15) is 5.82 Å². The highest BCUT2D eigenvalue weighted by atomic mass is 16.5. The van der Waals surface area contributed by atoms with E-state index in [1.807, 2.05) is 6.20 Å². The van der Waals surface area contributed by atoms with Crippen molar-refractivity contribution in [2.75, 3.05) is 29.9 Å². The maximum Gasteiger partial charge on any atom is 0.224 e. The molecule has 2 unspecified atom stereocenters. The smallest absolute Gasteiger partial charge is 0.224 e. The molecule has 5 nitrogen and oxygen atoms in total. The van der Waals surface area contributed by atoms with E-state index in [1.165, 1.54) is 0 Å².